The number of aromatic nitrogens is 1. The molecule has 0 spiro atoms. The zero-order valence-electron chi connectivity index (χ0n) is 7.52. The molecule has 0 amide bonds. The number of nitrogens with zero attached hydrogens (tertiary/aromatic N) is 2. The molecule has 1 heterocycles. The van der Waals surface area contributed by atoms with Crippen LogP contribution in [0.2, 0.25) is 0 Å². The van der Waals surface area contributed by atoms with Gasteiger partial charge < -0.3 is 5.73 Å². The molecule has 1 aromatic rings. The second kappa shape index (κ2) is 3.92. The SMILES string of the molecule is N#Cc1ncc(N)c(C(F)F)c1C(F)(F)F. The highest BCUT2D eigenvalue weighted by Gasteiger charge is 2.40. The first-order chi connectivity index (χ1) is 7.29. The Morgan fingerprint density at radius 3 is 2.31 bits per heavy atom. The number of nitriles is 1. The number of pyridine rings is 1. The van der Waals surface area contributed by atoms with Crippen LogP contribution in [0.3, 0.4) is 0 Å². The summed E-state index contributed by atoms with van der Waals surface area (Å²) in [4.78, 5) is 3.07. The Kier molecular flexibility index (Phi) is 2.98. The maximum absolute atomic E-state index is 12.5. The van der Waals surface area contributed by atoms with Crippen molar-refractivity contribution < 1.29 is 22.0 Å². The fraction of sp³-hybridized carbons (Fsp3) is 0.250. The smallest absolute Gasteiger partial charge is 0.397 e. The van der Waals surface area contributed by atoms with Crippen LogP contribution in [-0.4, -0.2) is 4.98 Å². The van der Waals surface area contributed by atoms with Crippen molar-refractivity contribution in [3.05, 3.63) is 23.0 Å². The van der Waals surface area contributed by atoms with Crippen molar-refractivity contribution >= 4 is 5.69 Å². The van der Waals surface area contributed by atoms with E-state index >= 15 is 0 Å². The lowest BCUT2D eigenvalue weighted by Gasteiger charge is -2.14. The van der Waals surface area contributed by atoms with Gasteiger partial charge in [0.1, 0.15) is 11.6 Å². The fourth-order valence-electron chi connectivity index (χ4n) is 1.15. The topological polar surface area (TPSA) is 62.7 Å². The Balaban J connectivity index is 3.64. The van der Waals surface area contributed by atoms with E-state index in [4.69, 9.17) is 11.0 Å². The van der Waals surface area contributed by atoms with Crippen molar-refractivity contribution in [3.63, 3.8) is 0 Å². The number of hydrogen-bond donors (Lipinski definition) is 1. The Morgan fingerprint density at radius 1 is 1.38 bits per heavy atom. The molecule has 0 unspecified atom stereocenters. The molecular formula is C8H4F5N3. The number of nitrogens with two attached hydrogens (primary N) is 1. The fourth-order valence-corrected chi connectivity index (χ4v) is 1.15. The Bertz CT molecular complexity index is 446. The van der Waals surface area contributed by atoms with Crippen LogP contribution in [0.25, 0.3) is 0 Å². The standard InChI is InChI=1S/C8H4F5N3/c9-7(10)5-3(15)2-16-4(1-14)6(5)8(11,12)13/h2,7H,15H2. The normalized spacial score (nSPS) is 11.6. The molecule has 3 nitrogen and oxygen atoms in total. The summed E-state index contributed by atoms with van der Waals surface area (Å²) in [5.41, 5.74) is -0.0905. The van der Waals surface area contributed by atoms with E-state index in [1.165, 1.54) is 0 Å². The maximum Gasteiger partial charge on any atom is 0.419 e. The monoisotopic (exact) mass is 237 g/mol. The van der Waals surface area contributed by atoms with Gasteiger partial charge in [0, 0.05) is 0 Å². The molecule has 16 heavy (non-hydrogen) atoms. The van der Waals surface area contributed by atoms with Gasteiger partial charge in [0.15, 0.2) is 5.69 Å². The molecule has 0 aliphatic carbocycles. The summed E-state index contributed by atoms with van der Waals surface area (Å²) in [7, 11) is 0. The molecule has 0 bridgehead atoms. The van der Waals surface area contributed by atoms with E-state index in [9.17, 15) is 22.0 Å². The lowest BCUT2D eigenvalue weighted by molar-refractivity contribution is -0.139. The average Bonchev–Trinajstić information content (AvgIpc) is 2.15. The molecule has 0 radical (unpaired) electrons. The van der Waals surface area contributed by atoms with Gasteiger partial charge in [-0.2, -0.15) is 18.4 Å². The highest BCUT2D eigenvalue weighted by Crippen LogP contribution is 2.40. The molecule has 0 fully saturated rings. The maximum atomic E-state index is 12.5. The lowest BCUT2D eigenvalue weighted by Crippen LogP contribution is -2.15. The van der Waals surface area contributed by atoms with Gasteiger partial charge >= 0.3 is 6.18 Å². The van der Waals surface area contributed by atoms with Gasteiger partial charge in [-0.25, -0.2) is 13.8 Å². The second-order valence-corrected chi connectivity index (χ2v) is 2.76. The molecule has 1 rings (SSSR count). The molecule has 8 heteroatoms. The summed E-state index contributed by atoms with van der Waals surface area (Å²) < 4.78 is 62.2. The van der Waals surface area contributed by atoms with Gasteiger partial charge in [-0.3, -0.25) is 0 Å². The van der Waals surface area contributed by atoms with Gasteiger partial charge in [-0.05, 0) is 0 Å². The summed E-state index contributed by atoms with van der Waals surface area (Å²) in [6, 6.07) is 1.10. The van der Waals surface area contributed by atoms with Crippen molar-refractivity contribution in [2.75, 3.05) is 5.73 Å². The molecule has 0 saturated carbocycles. The van der Waals surface area contributed by atoms with E-state index in [0.29, 0.717) is 6.20 Å². The minimum Gasteiger partial charge on any atom is -0.397 e. The van der Waals surface area contributed by atoms with Crippen LogP contribution < -0.4 is 5.73 Å². The Morgan fingerprint density at radius 2 is 1.94 bits per heavy atom. The summed E-state index contributed by atoms with van der Waals surface area (Å²) in [5.74, 6) is 0. The largest absolute Gasteiger partial charge is 0.419 e. The quantitative estimate of drug-likeness (QED) is 0.763. The van der Waals surface area contributed by atoms with Crippen molar-refractivity contribution in [2.24, 2.45) is 0 Å². The number of rotatable bonds is 1. The number of nitrogen functional groups attached to an aromatic ring is 1. The van der Waals surface area contributed by atoms with Crippen LogP contribution in [0.4, 0.5) is 27.6 Å². The van der Waals surface area contributed by atoms with Crippen LogP contribution in [0.15, 0.2) is 6.20 Å². The first-order valence-corrected chi connectivity index (χ1v) is 3.82. The minimum absolute atomic E-state index is 0.606. The van der Waals surface area contributed by atoms with Crippen molar-refractivity contribution in [1.29, 1.82) is 5.26 Å². The summed E-state index contributed by atoms with van der Waals surface area (Å²) >= 11 is 0. The summed E-state index contributed by atoms with van der Waals surface area (Å²) in [5, 5.41) is 8.38. The molecule has 0 saturated heterocycles. The Labute approximate surface area is 86.3 Å². The average molecular weight is 237 g/mol. The summed E-state index contributed by atoms with van der Waals surface area (Å²) in [6.45, 7) is 0. The van der Waals surface area contributed by atoms with Gasteiger partial charge in [0.25, 0.3) is 6.43 Å². The van der Waals surface area contributed by atoms with Gasteiger partial charge in [-0.1, -0.05) is 0 Å². The van der Waals surface area contributed by atoms with E-state index in [-0.39, 0.29) is 0 Å². The highest BCUT2D eigenvalue weighted by molar-refractivity contribution is 5.55. The molecule has 0 aromatic carbocycles. The Hall–Kier alpha value is -1.91. The molecule has 0 aliphatic heterocycles. The van der Waals surface area contributed by atoms with Crippen LogP contribution in [0.1, 0.15) is 23.2 Å². The third-order valence-corrected chi connectivity index (χ3v) is 1.76. The van der Waals surface area contributed by atoms with Crippen LogP contribution >= 0.6 is 0 Å². The van der Waals surface area contributed by atoms with E-state index in [2.05, 4.69) is 4.98 Å². The molecule has 2 N–H and O–H groups in total. The highest BCUT2D eigenvalue weighted by atomic mass is 19.4. The van der Waals surface area contributed by atoms with E-state index < -0.39 is 35.1 Å². The molecule has 86 valence electrons. The molecule has 0 atom stereocenters. The van der Waals surface area contributed by atoms with E-state index in [1.807, 2.05) is 0 Å². The van der Waals surface area contributed by atoms with Gasteiger partial charge in [-0.15, -0.1) is 0 Å². The number of halogens is 5. The van der Waals surface area contributed by atoms with E-state index in [0.717, 1.165) is 6.07 Å². The van der Waals surface area contributed by atoms with Crippen molar-refractivity contribution in [2.45, 2.75) is 12.6 Å². The number of alkyl halides is 5. The van der Waals surface area contributed by atoms with E-state index in [1.54, 1.807) is 0 Å². The summed E-state index contributed by atoms with van der Waals surface area (Å²) in [6.07, 6.45) is -7.92. The van der Waals surface area contributed by atoms with Gasteiger partial charge in [0.2, 0.25) is 0 Å². The second-order valence-electron chi connectivity index (χ2n) is 2.76. The third-order valence-electron chi connectivity index (χ3n) is 1.76. The van der Waals surface area contributed by atoms with Crippen molar-refractivity contribution in [1.82, 2.24) is 4.98 Å². The first kappa shape index (κ1) is 12.2. The van der Waals surface area contributed by atoms with Crippen molar-refractivity contribution in [3.8, 4) is 6.07 Å². The molecule has 0 aliphatic rings. The predicted molar refractivity (Wildman–Crippen MR) is 43.3 cm³/mol. The van der Waals surface area contributed by atoms with Crippen LogP contribution in [0.5, 0.6) is 0 Å². The van der Waals surface area contributed by atoms with Crippen LogP contribution in [0, 0.1) is 11.3 Å². The zero-order valence-corrected chi connectivity index (χ0v) is 7.52. The molecular weight excluding hydrogens is 233 g/mol. The first-order valence-electron chi connectivity index (χ1n) is 3.82. The third kappa shape index (κ3) is 2.03. The predicted octanol–water partition coefficient (Wildman–Crippen LogP) is 2.49. The van der Waals surface area contributed by atoms with Gasteiger partial charge in [0.05, 0.1) is 17.4 Å². The minimum atomic E-state index is -5.10. The van der Waals surface area contributed by atoms with Crippen LogP contribution in [-0.2, 0) is 6.18 Å². The number of hydrogen-bond acceptors (Lipinski definition) is 3. The zero-order chi connectivity index (χ0) is 12.5. The number of anilines is 1. The molecule has 1 aromatic heterocycles. The lowest BCUT2D eigenvalue weighted by atomic mass is 10.1.